The van der Waals surface area contributed by atoms with E-state index in [4.69, 9.17) is 9.72 Å². The summed E-state index contributed by atoms with van der Waals surface area (Å²) in [6.45, 7) is 2.18. The molecule has 4 rings (SSSR count). The molecule has 2 aromatic heterocycles. The second-order valence-corrected chi connectivity index (χ2v) is 8.34. The van der Waals surface area contributed by atoms with Crippen LogP contribution in [0.15, 0.2) is 60.8 Å². The number of rotatable bonds is 8. The Morgan fingerprint density at radius 1 is 1.08 bits per heavy atom. The molecule has 0 fully saturated rings. The molecule has 10 heteroatoms. The van der Waals surface area contributed by atoms with Gasteiger partial charge >= 0.3 is 12.6 Å². The fraction of sp³-hybridized carbons (Fsp3) is 0.231. The lowest BCUT2D eigenvalue weighted by atomic mass is 10.1. The molecule has 0 unspecified atom stereocenters. The van der Waals surface area contributed by atoms with Crippen LogP contribution in [0, 0.1) is 6.92 Å². The quantitative estimate of drug-likeness (QED) is 0.330. The van der Waals surface area contributed by atoms with Crippen LogP contribution in [0.3, 0.4) is 0 Å². The molecule has 2 heterocycles. The summed E-state index contributed by atoms with van der Waals surface area (Å²) < 4.78 is 36.6. The molecule has 1 amide bonds. The molecule has 0 radical (unpaired) electrons. The predicted octanol–water partition coefficient (Wildman–Crippen LogP) is 5.38. The lowest BCUT2D eigenvalue weighted by molar-refractivity contribution is -0.119. The van der Waals surface area contributed by atoms with Crippen molar-refractivity contribution in [3.05, 3.63) is 71.9 Å². The Balaban J connectivity index is 1.58. The first kappa shape index (κ1) is 24.8. The fourth-order valence-corrected chi connectivity index (χ4v) is 3.60. The number of halogens is 2. The van der Waals surface area contributed by atoms with Gasteiger partial charge in [-0.3, -0.25) is 4.79 Å². The van der Waals surface area contributed by atoms with Crippen molar-refractivity contribution in [2.24, 2.45) is 0 Å². The Labute approximate surface area is 205 Å². The maximum atomic E-state index is 13.1. The number of anilines is 1. The summed E-state index contributed by atoms with van der Waals surface area (Å²) in [5.74, 6) is -1.66. The van der Waals surface area contributed by atoms with Crippen LogP contribution in [-0.4, -0.2) is 39.9 Å². The first-order chi connectivity index (χ1) is 17.2. The Hall–Kier alpha value is -4.34. The molecule has 0 saturated heterocycles. The summed E-state index contributed by atoms with van der Waals surface area (Å²) in [4.78, 5) is 30.2. The Kier molecular flexibility index (Phi) is 7.23. The fourth-order valence-electron chi connectivity index (χ4n) is 3.60. The van der Waals surface area contributed by atoms with Crippen LogP contribution in [0.2, 0.25) is 0 Å². The number of carbonyl (C=O) groups excluding carboxylic acids is 2. The molecule has 186 valence electrons. The maximum Gasteiger partial charge on any atom is 0.387 e. The van der Waals surface area contributed by atoms with Crippen LogP contribution in [-0.2, 0) is 9.53 Å². The van der Waals surface area contributed by atoms with Gasteiger partial charge < -0.3 is 14.8 Å². The third kappa shape index (κ3) is 5.48. The zero-order valence-corrected chi connectivity index (χ0v) is 19.9. The van der Waals surface area contributed by atoms with Gasteiger partial charge in [-0.1, -0.05) is 42.0 Å². The van der Waals surface area contributed by atoms with Crippen molar-refractivity contribution < 1.29 is 27.8 Å². The molecule has 0 saturated carbocycles. The van der Waals surface area contributed by atoms with E-state index in [1.54, 1.807) is 16.8 Å². The van der Waals surface area contributed by atoms with Crippen molar-refractivity contribution in [1.82, 2.24) is 14.8 Å². The number of carbonyl (C=O) groups is 2. The van der Waals surface area contributed by atoms with Crippen molar-refractivity contribution in [1.29, 1.82) is 0 Å². The minimum atomic E-state index is -3.05. The van der Waals surface area contributed by atoms with Gasteiger partial charge in [0, 0.05) is 11.6 Å². The van der Waals surface area contributed by atoms with E-state index in [0.717, 1.165) is 11.1 Å². The lowest BCUT2D eigenvalue weighted by Gasteiger charge is -2.12. The van der Waals surface area contributed by atoms with E-state index in [1.807, 2.05) is 45.0 Å². The number of nitrogens with one attached hydrogen (secondary N) is 1. The van der Waals surface area contributed by atoms with Crippen LogP contribution in [0.25, 0.3) is 22.3 Å². The number of para-hydroxylation sites is 2. The predicted molar refractivity (Wildman–Crippen MR) is 130 cm³/mol. The van der Waals surface area contributed by atoms with Crippen molar-refractivity contribution in [2.75, 3.05) is 11.9 Å². The average molecular weight is 494 g/mol. The molecule has 2 aromatic carbocycles. The van der Waals surface area contributed by atoms with E-state index < -0.39 is 25.1 Å². The second-order valence-electron chi connectivity index (χ2n) is 8.34. The highest BCUT2D eigenvalue weighted by Gasteiger charge is 2.21. The van der Waals surface area contributed by atoms with Gasteiger partial charge in [0.1, 0.15) is 5.75 Å². The third-order valence-electron chi connectivity index (χ3n) is 5.33. The minimum absolute atomic E-state index is 0.00607. The molecular formula is C26H24F2N4O4. The van der Waals surface area contributed by atoms with Crippen LogP contribution < -0.4 is 10.1 Å². The number of alkyl halides is 2. The summed E-state index contributed by atoms with van der Waals surface area (Å²) in [5, 5.41) is 7.27. The van der Waals surface area contributed by atoms with Crippen LogP contribution in [0.5, 0.6) is 5.75 Å². The molecule has 0 atom stereocenters. The standard InChI is InChI=1S/C26H24F2N4O4/c1-15(2)32-24-19(13-29-32)18(12-21(31-24)17-10-8-16(3)9-11-17)25(34)35-14-23(33)30-20-6-4-5-7-22(20)36-26(27)28/h4-13,15,26H,14H2,1-3H3,(H,30,33). The number of amides is 1. The number of pyridine rings is 1. The zero-order valence-electron chi connectivity index (χ0n) is 19.9. The van der Waals surface area contributed by atoms with Crippen LogP contribution >= 0.6 is 0 Å². The largest absolute Gasteiger partial charge is 0.452 e. The second kappa shape index (κ2) is 10.5. The number of benzene rings is 2. The van der Waals surface area contributed by atoms with Gasteiger partial charge in [-0.25, -0.2) is 14.5 Å². The summed E-state index contributed by atoms with van der Waals surface area (Å²) >= 11 is 0. The molecule has 0 aliphatic heterocycles. The number of hydrogen-bond acceptors (Lipinski definition) is 6. The van der Waals surface area contributed by atoms with E-state index >= 15 is 0 Å². The molecule has 0 aliphatic carbocycles. The normalized spacial score (nSPS) is 11.2. The number of aryl methyl sites for hydroxylation is 1. The van der Waals surface area contributed by atoms with Crippen molar-refractivity contribution in [3.63, 3.8) is 0 Å². The van der Waals surface area contributed by atoms with Crippen LogP contribution in [0.1, 0.15) is 35.8 Å². The van der Waals surface area contributed by atoms with Crippen LogP contribution in [0.4, 0.5) is 14.5 Å². The first-order valence-electron chi connectivity index (χ1n) is 11.2. The van der Waals surface area contributed by atoms with Gasteiger partial charge in [0.2, 0.25) is 0 Å². The zero-order chi connectivity index (χ0) is 25.8. The molecule has 4 aromatic rings. The monoisotopic (exact) mass is 494 g/mol. The average Bonchev–Trinajstić information content (AvgIpc) is 3.28. The van der Waals surface area contributed by atoms with E-state index in [2.05, 4.69) is 15.2 Å². The van der Waals surface area contributed by atoms with Gasteiger partial charge in [-0.15, -0.1) is 0 Å². The van der Waals surface area contributed by atoms with Gasteiger partial charge in [0.05, 0.1) is 28.5 Å². The molecule has 0 aliphatic rings. The lowest BCUT2D eigenvalue weighted by Crippen LogP contribution is -2.21. The molecule has 1 N–H and O–H groups in total. The molecular weight excluding hydrogens is 470 g/mol. The van der Waals surface area contributed by atoms with E-state index in [0.29, 0.717) is 16.7 Å². The Morgan fingerprint density at radius 2 is 1.81 bits per heavy atom. The van der Waals surface area contributed by atoms with E-state index in [-0.39, 0.29) is 23.0 Å². The SMILES string of the molecule is Cc1ccc(-c2cc(C(=O)OCC(=O)Nc3ccccc3OC(F)F)c3cnn(C(C)C)c3n2)cc1. The van der Waals surface area contributed by atoms with E-state index in [9.17, 15) is 18.4 Å². The molecule has 0 bridgehead atoms. The summed E-state index contributed by atoms with van der Waals surface area (Å²) in [7, 11) is 0. The number of aromatic nitrogens is 3. The van der Waals surface area contributed by atoms with Crippen molar-refractivity contribution in [2.45, 2.75) is 33.4 Å². The maximum absolute atomic E-state index is 13.1. The molecule has 36 heavy (non-hydrogen) atoms. The summed E-state index contributed by atoms with van der Waals surface area (Å²) in [5.41, 5.74) is 3.19. The highest BCUT2D eigenvalue weighted by molar-refractivity contribution is 6.05. The van der Waals surface area contributed by atoms with Gasteiger partial charge in [0.15, 0.2) is 12.3 Å². The Morgan fingerprint density at radius 3 is 2.50 bits per heavy atom. The number of fused-ring (bicyclic) bond motifs is 1. The van der Waals surface area contributed by atoms with Gasteiger partial charge in [-0.05, 0) is 39.0 Å². The summed E-state index contributed by atoms with van der Waals surface area (Å²) in [6, 6.07) is 15.0. The topological polar surface area (TPSA) is 95.3 Å². The first-order valence-corrected chi connectivity index (χ1v) is 11.2. The van der Waals surface area contributed by atoms with Crippen molar-refractivity contribution >= 4 is 28.6 Å². The van der Waals surface area contributed by atoms with Crippen molar-refractivity contribution in [3.8, 4) is 17.0 Å². The van der Waals surface area contributed by atoms with E-state index in [1.165, 1.54) is 24.4 Å². The number of hydrogen-bond donors (Lipinski definition) is 1. The third-order valence-corrected chi connectivity index (χ3v) is 5.33. The Bertz CT molecular complexity index is 1400. The van der Waals surface area contributed by atoms with Gasteiger partial charge in [0.25, 0.3) is 5.91 Å². The highest BCUT2D eigenvalue weighted by Crippen LogP contribution is 2.28. The number of nitrogens with zero attached hydrogens (tertiary/aromatic N) is 3. The smallest absolute Gasteiger partial charge is 0.387 e. The van der Waals surface area contributed by atoms with Gasteiger partial charge in [-0.2, -0.15) is 13.9 Å². The summed E-state index contributed by atoms with van der Waals surface area (Å²) in [6.07, 6.45) is 1.54. The minimum Gasteiger partial charge on any atom is -0.452 e. The highest BCUT2D eigenvalue weighted by atomic mass is 19.3. The molecule has 8 nitrogen and oxygen atoms in total. The number of ether oxygens (including phenoxy) is 2. The molecule has 0 spiro atoms. The number of esters is 1.